The fourth-order valence-corrected chi connectivity index (χ4v) is 2.29. The highest BCUT2D eigenvalue weighted by molar-refractivity contribution is 6.31. The van der Waals surface area contributed by atoms with Crippen molar-refractivity contribution in [3.05, 3.63) is 28.8 Å². The number of nitrogens with zero attached hydrogens (tertiary/aromatic N) is 1. The molecule has 1 heterocycles. The van der Waals surface area contributed by atoms with Crippen molar-refractivity contribution in [2.75, 3.05) is 25.4 Å². The quantitative estimate of drug-likeness (QED) is 0.637. The number of anilines is 1. The lowest BCUT2D eigenvalue weighted by Gasteiger charge is -2.26. The summed E-state index contributed by atoms with van der Waals surface area (Å²) in [6.45, 7) is 1.08. The zero-order valence-electron chi connectivity index (χ0n) is 11.4. The average Bonchev–Trinajstić information content (AvgIpc) is 2.43. The summed E-state index contributed by atoms with van der Waals surface area (Å²) in [7, 11) is 0. The highest BCUT2D eigenvalue weighted by atomic mass is 35.5. The van der Waals surface area contributed by atoms with Gasteiger partial charge in [-0.3, -0.25) is 14.4 Å². The number of piperidine rings is 1. The van der Waals surface area contributed by atoms with Crippen LogP contribution in [0, 0.1) is 0 Å². The second-order valence-corrected chi connectivity index (χ2v) is 5.27. The summed E-state index contributed by atoms with van der Waals surface area (Å²) in [4.78, 5) is 36.3. The normalized spacial score (nSPS) is 15.2. The van der Waals surface area contributed by atoms with Crippen LogP contribution >= 0.6 is 11.6 Å². The van der Waals surface area contributed by atoms with E-state index >= 15 is 0 Å². The van der Waals surface area contributed by atoms with Gasteiger partial charge in [0.25, 0.3) is 5.91 Å². The maximum absolute atomic E-state index is 12.0. The minimum atomic E-state index is -0.337. The first-order valence-corrected chi connectivity index (χ1v) is 6.98. The van der Waals surface area contributed by atoms with E-state index < -0.39 is 0 Å². The highest BCUT2D eigenvalue weighted by Gasteiger charge is 2.23. The van der Waals surface area contributed by atoms with E-state index in [1.54, 1.807) is 17.0 Å². The number of carbonyl (C=O) groups is 3. The third kappa shape index (κ3) is 3.95. The molecule has 1 aliphatic rings. The van der Waals surface area contributed by atoms with Gasteiger partial charge in [-0.1, -0.05) is 11.6 Å². The molecule has 3 N–H and O–H groups in total. The number of Topliss-reactive ketones (excluding diaryl/α,β-unsaturated/α-hetero) is 1. The molecule has 7 heteroatoms. The SMILES string of the molecule is Nc1ccc(Cl)cc1C(=O)NCCN1CCC(=O)CC1=O. The molecule has 0 aliphatic carbocycles. The molecule has 1 saturated heterocycles. The Bertz CT molecular complexity index is 589. The van der Waals surface area contributed by atoms with E-state index in [0.29, 0.717) is 42.3 Å². The molecule has 0 bridgehead atoms. The van der Waals surface area contributed by atoms with Crippen LogP contribution in [0.4, 0.5) is 5.69 Å². The molecule has 112 valence electrons. The summed E-state index contributed by atoms with van der Waals surface area (Å²) in [6.07, 6.45) is 0.329. The molecule has 0 saturated carbocycles. The molecule has 1 aromatic carbocycles. The molecule has 21 heavy (non-hydrogen) atoms. The van der Waals surface area contributed by atoms with Crippen LogP contribution in [-0.4, -0.2) is 42.1 Å². The molecule has 2 amide bonds. The summed E-state index contributed by atoms with van der Waals surface area (Å²) in [6, 6.07) is 4.67. The van der Waals surface area contributed by atoms with E-state index in [1.165, 1.54) is 6.07 Å². The van der Waals surface area contributed by atoms with Crippen molar-refractivity contribution in [3.63, 3.8) is 0 Å². The predicted molar refractivity (Wildman–Crippen MR) is 79.0 cm³/mol. The smallest absolute Gasteiger partial charge is 0.253 e. The summed E-state index contributed by atoms with van der Waals surface area (Å²) in [5, 5.41) is 3.12. The monoisotopic (exact) mass is 309 g/mol. The Kier molecular flexibility index (Phi) is 4.80. The molecule has 0 radical (unpaired) electrons. The third-order valence-corrected chi connectivity index (χ3v) is 3.52. The molecule has 1 aliphatic heterocycles. The van der Waals surface area contributed by atoms with Gasteiger partial charge in [-0.2, -0.15) is 0 Å². The number of likely N-dealkylation sites (tertiary alicyclic amines) is 1. The van der Waals surface area contributed by atoms with Crippen LogP contribution in [0.3, 0.4) is 0 Å². The van der Waals surface area contributed by atoms with Gasteiger partial charge in [0, 0.05) is 36.8 Å². The maximum atomic E-state index is 12.0. The van der Waals surface area contributed by atoms with Gasteiger partial charge in [-0.05, 0) is 18.2 Å². The first-order valence-electron chi connectivity index (χ1n) is 6.60. The Morgan fingerprint density at radius 1 is 1.38 bits per heavy atom. The number of carbonyl (C=O) groups excluding carboxylic acids is 3. The Morgan fingerprint density at radius 2 is 2.14 bits per heavy atom. The van der Waals surface area contributed by atoms with Crippen molar-refractivity contribution in [1.82, 2.24) is 10.2 Å². The van der Waals surface area contributed by atoms with Gasteiger partial charge < -0.3 is 16.0 Å². The lowest BCUT2D eigenvalue weighted by molar-refractivity contribution is -0.139. The number of nitrogens with one attached hydrogen (secondary N) is 1. The van der Waals surface area contributed by atoms with E-state index in [2.05, 4.69) is 5.32 Å². The van der Waals surface area contributed by atoms with E-state index in [0.717, 1.165) is 0 Å². The number of halogens is 1. The first kappa shape index (κ1) is 15.3. The van der Waals surface area contributed by atoms with Crippen LogP contribution in [0.5, 0.6) is 0 Å². The number of rotatable bonds is 4. The van der Waals surface area contributed by atoms with Gasteiger partial charge in [-0.25, -0.2) is 0 Å². The van der Waals surface area contributed by atoms with Gasteiger partial charge in [0.1, 0.15) is 5.78 Å². The minimum Gasteiger partial charge on any atom is -0.398 e. The van der Waals surface area contributed by atoms with Crippen molar-refractivity contribution >= 4 is 34.9 Å². The van der Waals surface area contributed by atoms with Gasteiger partial charge in [0.15, 0.2) is 0 Å². The summed E-state index contributed by atoms with van der Waals surface area (Å²) in [5.41, 5.74) is 6.37. The molecule has 1 aromatic rings. The molecule has 2 rings (SSSR count). The molecule has 0 spiro atoms. The van der Waals surface area contributed by atoms with Crippen LogP contribution in [0.2, 0.25) is 5.02 Å². The second kappa shape index (κ2) is 6.58. The van der Waals surface area contributed by atoms with Crippen molar-refractivity contribution in [1.29, 1.82) is 0 Å². The third-order valence-electron chi connectivity index (χ3n) is 3.29. The van der Waals surface area contributed by atoms with Gasteiger partial charge >= 0.3 is 0 Å². The number of amides is 2. The van der Waals surface area contributed by atoms with Crippen LogP contribution in [0.15, 0.2) is 18.2 Å². The number of hydrogen-bond donors (Lipinski definition) is 2. The van der Waals surface area contributed by atoms with Crippen molar-refractivity contribution in [2.24, 2.45) is 0 Å². The van der Waals surface area contributed by atoms with E-state index in [4.69, 9.17) is 17.3 Å². The molecule has 0 atom stereocenters. The van der Waals surface area contributed by atoms with E-state index in [-0.39, 0.29) is 24.0 Å². The fraction of sp³-hybridized carbons (Fsp3) is 0.357. The zero-order valence-corrected chi connectivity index (χ0v) is 12.2. The molecular formula is C14H16ClN3O3. The van der Waals surface area contributed by atoms with Gasteiger partial charge in [-0.15, -0.1) is 0 Å². The Hall–Kier alpha value is -2.08. The number of nitrogen functional groups attached to an aromatic ring is 1. The highest BCUT2D eigenvalue weighted by Crippen LogP contribution is 2.17. The van der Waals surface area contributed by atoms with Gasteiger partial charge in [0.2, 0.25) is 5.91 Å². The van der Waals surface area contributed by atoms with Crippen molar-refractivity contribution in [3.8, 4) is 0 Å². The Balaban J connectivity index is 1.86. The molecule has 0 unspecified atom stereocenters. The van der Waals surface area contributed by atoms with Crippen molar-refractivity contribution < 1.29 is 14.4 Å². The topological polar surface area (TPSA) is 92.5 Å². The minimum absolute atomic E-state index is 0.0352. The molecular weight excluding hydrogens is 294 g/mol. The largest absolute Gasteiger partial charge is 0.398 e. The summed E-state index contributed by atoms with van der Waals surface area (Å²) in [5.74, 6) is -0.565. The standard InChI is InChI=1S/C14H16ClN3O3/c15-9-1-2-12(16)11(7-9)14(21)17-4-6-18-5-3-10(19)8-13(18)20/h1-2,7H,3-6,8,16H2,(H,17,21). The maximum Gasteiger partial charge on any atom is 0.253 e. The van der Waals surface area contributed by atoms with E-state index in [1.807, 2.05) is 0 Å². The Labute approximate surface area is 127 Å². The number of hydrogen-bond acceptors (Lipinski definition) is 4. The predicted octanol–water partition coefficient (Wildman–Crippen LogP) is 0.843. The van der Waals surface area contributed by atoms with Crippen LogP contribution in [0.25, 0.3) is 0 Å². The average molecular weight is 310 g/mol. The number of ketones is 1. The number of benzene rings is 1. The van der Waals surface area contributed by atoms with Gasteiger partial charge in [0.05, 0.1) is 12.0 Å². The second-order valence-electron chi connectivity index (χ2n) is 4.83. The molecule has 1 fully saturated rings. The first-order chi connectivity index (χ1) is 9.97. The fourth-order valence-electron chi connectivity index (χ4n) is 2.11. The van der Waals surface area contributed by atoms with Crippen LogP contribution < -0.4 is 11.1 Å². The summed E-state index contributed by atoms with van der Waals surface area (Å²) >= 11 is 5.83. The molecule has 0 aromatic heterocycles. The lowest BCUT2D eigenvalue weighted by Crippen LogP contribution is -2.43. The number of nitrogens with two attached hydrogens (primary N) is 1. The molecule has 6 nitrogen and oxygen atoms in total. The lowest BCUT2D eigenvalue weighted by atomic mass is 10.1. The van der Waals surface area contributed by atoms with E-state index in [9.17, 15) is 14.4 Å². The summed E-state index contributed by atoms with van der Waals surface area (Å²) < 4.78 is 0. The zero-order chi connectivity index (χ0) is 15.4. The van der Waals surface area contributed by atoms with Crippen molar-refractivity contribution in [2.45, 2.75) is 12.8 Å². The van der Waals surface area contributed by atoms with Crippen LogP contribution in [-0.2, 0) is 9.59 Å². The Morgan fingerprint density at radius 3 is 2.86 bits per heavy atom. The van der Waals surface area contributed by atoms with Crippen LogP contribution in [0.1, 0.15) is 23.2 Å².